The van der Waals surface area contributed by atoms with Gasteiger partial charge in [0.15, 0.2) is 0 Å². The molecule has 1 rings (SSSR count). The smallest absolute Gasteiger partial charge is 0.223 e. The van der Waals surface area contributed by atoms with E-state index < -0.39 is 0 Å². The number of nitrogens with zero attached hydrogens (tertiary/aromatic N) is 2. The van der Waals surface area contributed by atoms with Gasteiger partial charge in [-0.2, -0.15) is 0 Å². The minimum Gasteiger partial charge on any atom is -0.341 e. The van der Waals surface area contributed by atoms with E-state index >= 15 is 0 Å². The summed E-state index contributed by atoms with van der Waals surface area (Å²) in [7, 11) is 5.97. The fourth-order valence-corrected chi connectivity index (χ4v) is 1.92. The van der Waals surface area contributed by atoms with Crippen LogP contribution in [0.1, 0.15) is 19.3 Å². The van der Waals surface area contributed by atoms with Crippen LogP contribution in [0.25, 0.3) is 0 Å². The zero-order valence-electron chi connectivity index (χ0n) is 10.1. The quantitative estimate of drug-likeness (QED) is 0.722. The van der Waals surface area contributed by atoms with Crippen molar-refractivity contribution in [2.45, 2.75) is 25.3 Å². The lowest BCUT2D eigenvalue weighted by Crippen LogP contribution is -2.47. The van der Waals surface area contributed by atoms with Gasteiger partial charge in [-0.1, -0.05) is 0 Å². The third kappa shape index (κ3) is 4.18. The molecule has 88 valence electrons. The molecule has 0 spiro atoms. The molecule has 0 aromatic carbocycles. The summed E-state index contributed by atoms with van der Waals surface area (Å²) in [5.41, 5.74) is 0. The molecule has 0 bridgehead atoms. The number of nitrogens with one attached hydrogen (secondary N) is 1. The van der Waals surface area contributed by atoms with Crippen LogP contribution in [-0.2, 0) is 4.79 Å². The monoisotopic (exact) mass is 213 g/mol. The van der Waals surface area contributed by atoms with E-state index in [1.807, 2.05) is 26.0 Å². The first kappa shape index (κ1) is 12.5. The maximum atomic E-state index is 11.8. The van der Waals surface area contributed by atoms with E-state index in [0.29, 0.717) is 18.4 Å². The Labute approximate surface area is 92.6 Å². The number of carbonyl (C=O) groups is 1. The fourth-order valence-electron chi connectivity index (χ4n) is 1.92. The summed E-state index contributed by atoms with van der Waals surface area (Å²) in [5.74, 6) is 0.295. The topological polar surface area (TPSA) is 35.6 Å². The Bertz CT molecular complexity index is 206. The van der Waals surface area contributed by atoms with E-state index in [1.54, 1.807) is 0 Å². The number of likely N-dealkylation sites (N-methyl/N-ethyl adjacent to an activating group) is 1. The lowest BCUT2D eigenvalue weighted by Gasteiger charge is -2.32. The average Bonchev–Trinajstić information content (AvgIpc) is 2.26. The number of rotatable bonds is 4. The molecule has 0 aliphatic carbocycles. The van der Waals surface area contributed by atoms with E-state index in [1.165, 1.54) is 6.42 Å². The first-order chi connectivity index (χ1) is 7.13. The second-order valence-corrected chi connectivity index (χ2v) is 4.52. The van der Waals surface area contributed by atoms with Gasteiger partial charge in [-0.3, -0.25) is 4.79 Å². The normalized spacial score (nSPS) is 22.1. The number of hydrogen-bond donors (Lipinski definition) is 1. The Morgan fingerprint density at radius 3 is 2.87 bits per heavy atom. The van der Waals surface area contributed by atoms with Crippen LogP contribution in [0.2, 0.25) is 0 Å². The highest BCUT2D eigenvalue weighted by molar-refractivity contribution is 5.76. The van der Waals surface area contributed by atoms with Gasteiger partial charge in [-0.25, -0.2) is 0 Å². The summed E-state index contributed by atoms with van der Waals surface area (Å²) in [5, 5.41) is 3.25. The van der Waals surface area contributed by atoms with Gasteiger partial charge in [-0.15, -0.1) is 0 Å². The van der Waals surface area contributed by atoms with Crippen LogP contribution in [0.4, 0.5) is 0 Å². The van der Waals surface area contributed by atoms with E-state index in [-0.39, 0.29) is 0 Å². The van der Waals surface area contributed by atoms with Gasteiger partial charge in [-0.05, 0) is 34.0 Å². The number of amides is 1. The van der Waals surface area contributed by atoms with Gasteiger partial charge in [0.2, 0.25) is 5.91 Å². The molecule has 4 nitrogen and oxygen atoms in total. The van der Waals surface area contributed by atoms with E-state index in [2.05, 4.69) is 10.2 Å². The SMILES string of the molecule is CNC1CCCN(C(=O)CCN(C)C)C1. The van der Waals surface area contributed by atoms with Crippen molar-refractivity contribution < 1.29 is 4.79 Å². The van der Waals surface area contributed by atoms with Crippen LogP contribution in [0.5, 0.6) is 0 Å². The van der Waals surface area contributed by atoms with Gasteiger partial charge >= 0.3 is 0 Å². The number of hydrogen-bond acceptors (Lipinski definition) is 3. The molecular weight excluding hydrogens is 190 g/mol. The molecule has 0 saturated carbocycles. The Kier molecular flexibility index (Phi) is 5.05. The van der Waals surface area contributed by atoms with E-state index in [9.17, 15) is 4.79 Å². The van der Waals surface area contributed by atoms with Crippen LogP contribution >= 0.6 is 0 Å². The zero-order chi connectivity index (χ0) is 11.3. The van der Waals surface area contributed by atoms with Crippen LogP contribution in [0.3, 0.4) is 0 Å². The van der Waals surface area contributed by atoms with Gasteiger partial charge in [0.05, 0.1) is 0 Å². The first-order valence-corrected chi connectivity index (χ1v) is 5.73. The molecule has 4 heteroatoms. The third-order valence-corrected chi connectivity index (χ3v) is 2.96. The maximum Gasteiger partial charge on any atom is 0.223 e. The number of piperidine rings is 1. The Hall–Kier alpha value is -0.610. The lowest BCUT2D eigenvalue weighted by atomic mass is 10.1. The van der Waals surface area contributed by atoms with Gasteiger partial charge < -0.3 is 15.1 Å². The molecule has 1 saturated heterocycles. The van der Waals surface area contributed by atoms with Crippen LogP contribution in [0.15, 0.2) is 0 Å². The summed E-state index contributed by atoms with van der Waals surface area (Å²) in [6.45, 7) is 2.66. The molecule has 1 atom stereocenters. The van der Waals surface area contributed by atoms with Crippen molar-refractivity contribution in [2.24, 2.45) is 0 Å². The molecule has 1 heterocycles. The fraction of sp³-hybridized carbons (Fsp3) is 0.909. The third-order valence-electron chi connectivity index (χ3n) is 2.96. The number of carbonyl (C=O) groups excluding carboxylic acids is 1. The van der Waals surface area contributed by atoms with Crippen molar-refractivity contribution in [1.82, 2.24) is 15.1 Å². The Morgan fingerprint density at radius 1 is 1.53 bits per heavy atom. The molecule has 1 aliphatic rings. The molecule has 1 amide bonds. The van der Waals surface area contributed by atoms with Crippen molar-refractivity contribution in [1.29, 1.82) is 0 Å². The molecule has 1 fully saturated rings. The molecule has 0 aromatic heterocycles. The molecule has 0 aromatic rings. The summed E-state index contributed by atoms with van der Waals surface area (Å²) in [6.07, 6.45) is 2.95. The second kappa shape index (κ2) is 6.08. The molecule has 1 aliphatic heterocycles. The summed E-state index contributed by atoms with van der Waals surface area (Å²) in [6, 6.07) is 0.488. The zero-order valence-corrected chi connectivity index (χ0v) is 10.1. The predicted molar refractivity (Wildman–Crippen MR) is 61.8 cm³/mol. The van der Waals surface area contributed by atoms with Crippen LogP contribution in [0, 0.1) is 0 Å². The molecule has 15 heavy (non-hydrogen) atoms. The minimum absolute atomic E-state index is 0.295. The number of likely N-dealkylation sites (tertiary alicyclic amines) is 1. The van der Waals surface area contributed by atoms with Gasteiger partial charge in [0.1, 0.15) is 0 Å². The molecule has 1 unspecified atom stereocenters. The molecule has 1 N–H and O–H groups in total. The first-order valence-electron chi connectivity index (χ1n) is 5.73. The highest BCUT2D eigenvalue weighted by atomic mass is 16.2. The Balaban J connectivity index is 2.32. The predicted octanol–water partition coefficient (Wildman–Crippen LogP) is 0.149. The second-order valence-electron chi connectivity index (χ2n) is 4.52. The van der Waals surface area contributed by atoms with E-state index in [4.69, 9.17) is 0 Å². The van der Waals surface area contributed by atoms with Crippen LogP contribution in [-0.4, -0.2) is 62.5 Å². The lowest BCUT2D eigenvalue weighted by molar-refractivity contribution is -0.132. The summed E-state index contributed by atoms with van der Waals surface area (Å²) < 4.78 is 0. The summed E-state index contributed by atoms with van der Waals surface area (Å²) in [4.78, 5) is 15.9. The van der Waals surface area contributed by atoms with E-state index in [0.717, 1.165) is 26.1 Å². The van der Waals surface area contributed by atoms with Crippen molar-refractivity contribution in [3.8, 4) is 0 Å². The van der Waals surface area contributed by atoms with Crippen LogP contribution < -0.4 is 5.32 Å². The molecule has 0 radical (unpaired) electrons. The Morgan fingerprint density at radius 2 is 2.27 bits per heavy atom. The van der Waals surface area contributed by atoms with Crippen molar-refractivity contribution >= 4 is 5.91 Å². The van der Waals surface area contributed by atoms with Crippen molar-refractivity contribution in [3.63, 3.8) is 0 Å². The average molecular weight is 213 g/mol. The highest BCUT2D eigenvalue weighted by Gasteiger charge is 2.21. The summed E-state index contributed by atoms with van der Waals surface area (Å²) >= 11 is 0. The standard InChI is InChI=1S/C11H23N3O/c1-12-10-5-4-7-14(9-10)11(15)6-8-13(2)3/h10,12H,4-9H2,1-3H3. The highest BCUT2D eigenvalue weighted by Crippen LogP contribution is 2.10. The van der Waals surface area contributed by atoms with Crippen molar-refractivity contribution in [2.75, 3.05) is 40.8 Å². The van der Waals surface area contributed by atoms with Crippen molar-refractivity contribution in [3.05, 3.63) is 0 Å². The van der Waals surface area contributed by atoms with Gasteiger partial charge in [0.25, 0.3) is 0 Å². The van der Waals surface area contributed by atoms with Gasteiger partial charge in [0, 0.05) is 32.1 Å². The maximum absolute atomic E-state index is 11.8. The minimum atomic E-state index is 0.295. The largest absolute Gasteiger partial charge is 0.341 e. The molecular formula is C11H23N3O.